The van der Waals surface area contributed by atoms with Crippen LogP contribution in [0.2, 0.25) is 0 Å². The van der Waals surface area contributed by atoms with Gasteiger partial charge in [0.25, 0.3) is 0 Å². The number of aromatic nitrogens is 2. The maximum Gasteiger partial charge on any atom is 0.240 e. The predicted molar refractivity (Wildman–Crippen MR) is 71.7 cm³/mol. The zero-order chi connectivity index (χ0) is 11.8. The minimum absolute atomic E-state index is 0.0640. The lowest BCUT2D eigenvalue weighted by atomic mass is 10.4. The van der Waals surface area contributed by atoms with E-state index < -0.39 is 0 Å². The average molecular weight is 283 g/mol. The number of carbonyl (C=O) groups excluding carboxylic acids is 1. The second-order valence-corrected chi connectivity index (χ2v) is 6.80. The number of anilines is 1. The van der Waals surface area contributed by atoms with Crippen molar-refractivity contribution in [1.29, 1.82) is 0 Å². The first-order valence-corrected chi connectivity index (χ1v) is 7.76. The standard InChI is InChI=1S/C10H9N3OS3/c1-6-2-3-7(17-6)9-13(8(14)4-15-9)10-12-11-5-16-10/h2-3,5,9H,4H2,1H3. The molecule has 0 saturated carbocycles. The molecule has 2 aromatic heterocycles. The number of hydrogen-bond donors (Lipinski definition) is 0. The highest BCUT2D eigenvalue weighted by Crippen LogP contribution is 2.44. The summed E-state index contributed by atoms with van der Waals surface area (Å²) in [5.41, 5.74) is 1.66. The van der Waals surface area contributed by atoms with E-state index in [-0.39, 0.29) is 11.3 Å². The summed E-state index contributed by atoms with van der Waals surface area (Å²) in [6.07, 6.45) is 0. The Morgan fingerprint density at radius 3 is 3.00 bits per heavy atom. The van der Waals surface area contributed by atoms with Gasteiger partial charge in [-0.3, -0.25) is 9.69 Å². The quantitative estimate of drug-likeness (QED) is 0.850. The third-order valence-electron chi connectivity index (χ3n) is 2.43. The Labute approximate surface area is 111 Å². The largest absolute Gasteiger partial charge is 0.273 e. The lowest BCUT2D eigenvalue weighted by molar-refractivity contribution is -0.115. The monoisotopic (exact) mass is 283 g/mol. The van der Waals surface area contributed by atoms with Crippen molar-refractivity contribution in [3.8, 4) is 0 Å². The molecule has 17 heavy (non-hydrogen) atoms. The molecule has 3 rings (SSSR count). The first kappa shape index (κ1) is 11.2. The van der Waals surface area contributed by atoms with Gasteiger partial charge in [-0.05, 0) is 19.1 Å². The first-order chi connectivity index (χ1) is 8.25. The van der Waals surface area contributed by atoms with E-state index >= 15 is 0 Å². The Morgan fingerprint density at radius 1 is 1.47 bits per heavy atom. The van der Waals surface area contributed by atoms with Gasteiger partial charge in [-0.1, -0.05) is 11.3 Å². The van der Waals surface area contributed by atoms with E-state index in [2.05, 4.69) is 29.3 Å². The third kappa shape index (κ3) is 1.98. The van der Waals surface area contributed by atoms with Gasteiger partial charge in [0.15, 0.2) is 0 Å². The van der Waals surface area contributed by atoms with Gasteiger partial charge in [0.2, 0.25) is 11.0 Å². The van der Waals surface area contributed by atoms with Gasteiger partial charge in [-0.15, -0.1) is 33.3 Å². The van der Waals surface area contributed by atoms with Crippen molar-refractivity contribution in [2.24, 2.45) is 0 Å². The molecule has 3 heterocycles. The van der Waals surface area contributed by atoms with Crippen LogP contribution in [0.3, 0.4) is 0 Å². The van der Waals surface area contributed by atoms with Crippen molar-refractivity contribution in [1.82, 2.24) is 10.2 Å². The molecule has 7 heteroatoms. The third-order valence-corrected chi connectivity index (χ3v) is 5.51. The van der Waals surface area contributed by atoms with E-state index in [9.17, 15) is 4.79 Å². The highest BCUT2D eigenvalue weighted by molar-refractivity contribution is 8.01. The van der Waals surface area contributed by atoms with Gasteiger partial charge in [0, 0.05) is 9.75 Å². The van der Waals surface area contributed by atoms with Gasteiger partial charge in [0.05, 0.1) is 5.75 Å². The summed E-state index contributed by atoms with van der Waals surface area (Å²) in [4.78, 5) is 16.1. The summed E-state index contributed by atoms with van der Waals surface area (Å²) in [5.74, 6) is 0.629. The molecular weight excluding hydrogens is 274 g/mol. The summed E-state index contributed by atoms with van der Waals surface area (Å²) in [7, 11) is 0. The molecule has 1 fully saturated rings. The van der Waals surface area contributed by atoms with Crippen LogP contribution in [0.1, 0.15) is 15.1 Å². The Morgan fingerprint density at radius 2 is 2.35 bits per heavy atom. The van der Waals surface area contributed by atoms with E-state index in [1.807, 2.05) is 0 Å². The maximum atomic E-state index is 11.9. The fraction of sp³-hybridized carbons (Fsp3) is 0.300. The zero-order valence-electron chi connectivity index (χ0n) is 8.99. The summed E-state index contributed by atoms with van der Waals surface area (Å²) in [5, 5.41) is 8.55. The van der Waals surface area contributed by atoms with E-state index in [1.165, 1.54) is 21.1 Å². The second kappa shape index (κ2) is 4.40. The molecule has 0 bridgehead atoms. The number of nitrogens with zero attached hydrogens (tertiary/aromatic N) is 3. The highest BCUT2D eigenvalue weighted by Gasteiger charge is 2.36. The number of rotatable bonds is 2. The molecule has 0 N–H and O–H groups in total. The van der Waals surface area contributed by atoms with Gasteiger partial charge in [-0.2, -0.15) is 0 Å². The van der Waals surface area contributed by atoms with Crippen LogP contribution in [0.5, 0.6) is 0 Å². The van der Waals surface area contributed by atoms with Crippen molar-refractivity contribution in [3.63, 3.8) is 0 Å². The van der Waals surface area contributed by atoms with Gasteiger partial charge in [0.1, 0.15) is 10.9 Å². The van der Waals surface area contributed by atoms with Crippen LogP contribution in [0.4, 0.5) is 5.13 Å². The van der Waals surface area contributed by atoms with Crippen LogP contribution >= 0.6 is 34.4 Å². The summed E-state index contributed by atoms with van der Waals surface area (Å²) in [6.45, 7) is 2.07. The van der Waals surface area contributed by atoms with Crippen molar-refractivity contribution in [2.75, 3.05) is 10.7 Å². The van der Waals surface area contributed by atoms with E-state index in [0.29, 0.717) is 10.9 Å². The van der Waals surface area contributed by atoms with Crippen LogP contribution in [0.15, 0.2) is 17.6 Å². The Balaban J connectivity index is 1.97. The fourth-order valence-electron chi connectivity index (χ4n) is 1.70. The molecule has 0 radical (unpaired) electrons. The molecule has 1 atom stereocenters. The van der Waals surface area contributed by atoms with E-state index in [0.717, 1.165) is 0 Å². The molecule has 88 valence electrons. The van der Waals surface area contributed by atoms with Gasteiger partial charge >= 0.3 is 0 Å². The Kier molecular flexibility index (Phi) is 2.89. The number of thioether (sulfide) groups is 1. The minimum atomic E-state index is 0.0640. The fourth-order valence-corrected chi connectivity index (χ4v) is 4.62. The number of thiophene rings is 1. The van der Waals surface area contributed by atoms with Crippen LogP contribution in [-0.4, -0.2) is 21.9 Å². The molecule has 0 aromatic carbocycles. The summed E-state index contributed by atoms with van der Waals surface area (Å²) < 4.78 is 0. The number of hydrogen-bond acceptors (Lipinski definition) is 6. The van der Waals surface area contributed by atoms with E-state index in [4.69, 9.17) is 0 Å². The van der Waals surface area contributed by atoms with Crippen LogP contribution in [0.25, 0.3) is 0 Å². The second-order valence-electron chi connectivity index (χ2n) is 3.60. The molecule has 0 spiro atoms. The van der Waals surface area contributed by atoms with Crippen LogP contribution in [0, 0.1) is 6.92 Å². The molecule has 1 aliphatic heterocycles. The Bertz CT molecular complexity index is 537. The lowest BCUT2D eigenvalue weighted by Gasteiger charge is -2.19. The number of aryl methyl sites for hydroxylation is 1. The van der Waals surface area contributed by atoms with Gasteiger partial charge in [-0.25, -0.2) is 0 Å². The SMILES string of the molecule is Cc1ccc(C2SCC(=O)N2c2nncs2)s1. The predicted octanol–water partition coefficient (Wildman–Crippen LogP) is 2.69. The van der Waals surface area contributed by atoms with Gasteiger partial charge < -0.3 is 0 Å². The molecule has 1 amide bonds. The van der Waals surface area contributed by atoms with E-state index in [1.54, 1.807) is 33.5 Å². The molecule has 1 aliphatic rings. The lowest BCUT2D eigenvalue weighted by Crippen LogP contribution is -2.27. The molecule has 1 unspecified atom stereocenters. The highest BCUT2D eigenvalue weighted by atomic mass is 32.2. The Hall–Kier alpha value is -0.920. The number of carbonyl (C=O) groups is 1. The zero-order valence-corrected chi connectivity index (χ0v) is 11.4. The normalized spacial score (nSPS) is 20.2. The topological polar surface area (TPSA) is 46.1 Å². The van der Waals surface area contributed by atoms with Crippen molar-refractivity contribution in [2.45, 2.75) is 12.3 Å². The minimum Gasteiger partial charge on any atom is -0.273 e. The molecule has 1 saturated heterocycles. The van der Waals surface area contributed by atoms with Crippen molar-refractivity contribution >= 4 is 45.5 Å². The average Bonchev–Trinajstić information content (AvgIpc) is 2.97. The summed E-state index contributed by atoms with van der Waals surface area (Å²) in [6, 6.07) is 4.17. The summed E-state index contributed by atoms with van der Waals surface area (Å²) >= 11 is 4.78. The van der Waals surface area contributed by atoms with Crippen LogP contribution in [-0.2, 0) is 4.79 Å². The molecular formula is C10H9N3OS3. The smallest absolute Gasteiger partial charge is 0.240 e. The maximum absolute atomic E-state index is 11.9. The van der Waals surface area contributed by atoms with Crippen molar-refractivity contribution < 1.29 is 4.79 Å². The first-order valence-electron chi connectivity index (χ1n) is 5.02. The molecule has 2 aromatic rings. The number of amides is 1. The molecule has 4 nitrogen and oxygen atoms in total. The van der Waals surface area contributed by atoms with Crippen molar-refractivity contribution in [3.05, 3.63) is 27.4 Å². The van der Waals surface area contributed by atoms with Crippen LogP contribution < -0.4 is 4.90 Å². The molecule has 0 aliphatic carbocycles.